The van der Waals surface area contributed by atoms with Crippen molar-refractivity contribution < 1.29 is 0 Å². The van der Waals surface area contributed by atoms with Crippen LogP contribution in [0.1, 0.15) is 80.2 Å². The normalized spacial score (nSPS) is 17.3. The Morgan fingerprint density at radius 2 is 1.40 bits per heavy atom. The van der Waals surface area contributed by atoms with Crippen LogP contribution in [0.4, 0.5) is 11.4 Å². The number of aromatic nitrogens is 1. The molecule has 3 atom stereocenters. The molecule has 0 bridgehead atoms. The molecule has 9 rings (SSSR count). The van der Waals surface area contributed by atoms with Crippen LogP contribution >= 0.6 is 0 Å². The van der Waals surface area contributed by atoms with Crippen LogP contribution in [0.5, 0.6) is 0 Å². The summed E-state index contributed by atoms with van der Waals surface area (Å²) in [6.07, 6.45) is 11.1. The number of fused-ring (bicyclic) bond motifs is 4. The fraction of sp³-hybridized carbons (Fsp3) is 0.214. The number of allylic oxidation sites excluding steroid dienone is 7. The summed E-state index contributed by atoms with van der Waals surface area (Å²) in [4.78, 5) is 2.48. The molecule has 0 radical (unpaired) electrons. The number of nitrogens with zero attached hydrogens (tertiary/aromatic N) is 2. The van der Waals surface area contributed by atoms with Gasteiger partial charge in [-0.1, -0.05) is 135 Å². The average Bonchev–Trinajstić information content (AvgIpc) is 3.77. The van der Waals surface area contributed by atoms with Crippen LogP contribution in [0.2, 0.25) is 0 Å². The predicted molar refractivity (Wildman–Crippen MR) is 250 cm³/mol. The maximum Gasteiger partial charge on any atom is 0.0544 e. The zero-order chi connectivity index (χ0) is 40.2. The van der Waals surface area contributed by atoms with Gasteiger partial charge in [0, 0.05) is 39.7 Å². The Kier molecular flexibility index (Phi) is 9.68. The highest BCUT2D eigenvalue weighted by Gasteiger charge is 2.41. The Hall–Kier alpha value is -6.12. The van der Waals surface area contributed by atoms with Crippen LogP contribution < -0.4 is 4.90 Å². The topological polar surface area (TPSA) is 8.17 Å². The highest BCUT2D eigenvalue weighted by molar-refractivity contribution is 6.12. The van der Waals surface area contributed by atoms with Gasteiger partial charge in [-0.25, -0.2) is 0 Å². The first kappa shape index (κ1) is 37.5. The lowest BCUT2D eigenvalue weighted by atomic mass is 9.76. The molecular formula is C56H54N2. The van der Waals surface area contributed by atoms with Crippen molar-refractivity contribution in [2.75, 3.05) is 4.90 Å². The molecule has 288 valence electrons. The molecule has 58 heavy (non-hydrogen) atoms. The molecule has 0 amide bonds. The Balaban J connectivity index is 1.27. The number of hydrogen-bond donors (Lipinski definition) is 0. The van der Waals surface area contributed by atoms with E-state index < -0.39 is 0 Å². The lowest BCUT2D eigenvalue weighted by molar-refractivity contribution is 0.584. The van der Waals surface area contributed by atoms with E-state index in [2.05, 4.69) is 204 Å². The number of hydrogen-bond acceptors (Lipinski definition) is 1. The van der Waals surface area contributed by atoms with E-state index in [1.165, 1.54) is 100 Å². The summed E-state index contributed by atoms with van der Waals surface area (Å²) in [5.41, 5.74) is 22.1. The molecule has 2 nitrogen and oxygen atoms in total. The van der Waals surface area contributed by atoms with Crippen LogP contribution in [0, 0.1) is 26.7 Å². The molecule has 0 saturated heterocycles. The van der Waals surface area contributed by atoms with Gasteiger partial charge in [-0.3, -0.25) is 0 Å². The monoisotopic (exact) mass is 754 g/mol. The first-order chi connectivity index (χ1) is 28.2. The Morgan fingerprint density at radius 3 is 2.09 bits per heavy atom. The summed E-state index contributed by atoms with van der Waals surface area (Å²) in [6.45, 7) is 21.3. The van der Waals surface area contributed by atoms with Crippen molar-refractivity contribution in [3.8, 4) is 27.9 Å². The zero-order valence-corrected chi connectivity index (χ0v) is 35.1. The predicted octanol–water partition coefficient (Wildman–Crippen LogP) is 15.8. The Morgan fingerprint density at radius 1 is 0.707 bits per heavy atom. The molecule has 0 fully saturated rings. The molecule has 0 saturated carbocycles. The molecule has 0 N–H and O–H groups in total. The van der Waals surface area contributed by atoms with E-state index in [4.69, 9.17) is 6.58 Å². The lowest BCUT2D eigenvalue weighted by Crippen LogP contribution is -2.17. The van der Waals surface area contributed by atoms with E-state index in [9.17, 15) is 0 Å². The van der Waals surface area contributed by atoms with Gasteiger partial charge in [0.1, 0.15) is 0 Å². The van der Waals surface area contributed by atoms with Crippen molar-refractivity contribution >= 4 is 33.2 Å². The third-order valence-electron chi connectivity index (χ3n) is 13.6. The van der Waals surface area contributed by atoms with Gasteiger partial charge in [0.05, 0.1) is 16.7 Å². The van der Waals surface area contributed by atoms with Gasteiger partial charge in [0.2, 0.25) is 0 Å². The van der Waals surface area contributed by atoms with Gasteiger partial charge in [-0.05, 0) is 146 Å². The van der Waals surface area contributed by atoms with Crippen LogP contribution in [0.25, 0.3) is 49.7 Å². The summed E-state index contributed by atoms with van der Waals surface area (Å²) in [5.74, 6) is 0.770. The van der Waals surface area contributed by atoms with E-state index >= 15 is 0 Å². The van der Waals surface area contributed by atoms with Crippen molar-refractivity contribution in [2.45, 2.75) is 73.1 Å². The highest BCUT2D eigenvalue weighted by atomic mass is 15.2. The lowest BCUT2D eigenvalue weighted by Gasteiger charge is -2.27. The molecule has 1 aromatic heterocycles. The van der Waals surface area contributed by atoms with Crippen molar-refractivity contribution in [3.05, 3.63) is 197 Å². The van der Waals surface area contributed by atoms with Gasteiger partial charge in [-0.2, -0.15) is 0 Å². The molecule has 2 heterocycles. The van der Waals surface area contributed by atoms with E-state index in [0.29, 0.717) is 11.8 Å². The largest absolute Gasteiger partial charge is 0.314 e. The third kappa shape index (κ3) is 6.00. The van der Waals surface area contributed by atoms with Crippen molar-refractivity contribution in [1.29, 1.82) is 0 Å². The van der Waals surface area contributed by atoms with E-state index in [0.717, 1.165) is 18.5 Å². The average molecular weight is 755 g/mol. The smallest absolute Gasteiger partial charge is 0.0544 e. The maximum atomic E-state index is 4.94. The molecular weight excluding hydrogens is 701 g/mol. The Bertz CT molecular complexity index is 2810. The SMILES string of the molecule is C=C1C(C(C)/C(C)=C(/C)CC)c2c(C)c(-c3ccc4c(c3)c3c(C5C=CC=CC5)cccc3n4-c3ccccc3)c(C)c(C)c2N1c1ccc(-c2ccccc2)cc1. The second-order valence-electron chi connectivity index (χ2n) is 16.6. The van der Waals surface area contributed by atoms with E-state index in [1.807, 2.05) is 0 Å². The summed E-state index contributed by atoms with van der Waals surface area (Å²) >= 11 is 0. The van der Waals surface area contributed by atoms with Crippen molar-refractivity contribution in [2.24, 2.45) is 5.92 Å². The standard InChI is InChI=1S/C56H54N2/c1-9-35(2)36(3)37(4)53-41(8)57(47-31-28-43(29-32-47)42-20-13-10-14-21-42)56-39(6)38(5)52(40(7)54(53)56)45-30-33-50-49(34-45)55-48(44-22-15-11-16-23-44)26-19-27-51(55)58(50)46-24-17-12-18-25-46/h10-22,24-34,37,44,53H,8-9,23H2,1-7H3/b36-35-. The zero-order valence-electron chi connectivity index (χ0n) is 35.1. The second kappa shape index (κ2) is 15.0. The van der Waals surface area contributed by atoms with Gasteiger partial charge >= 0.3 is 0 Å². The second-order valence-corrected chi connectivity index (χ2v) is 16.6. The quantitative estimate of drug-likeness (QED) is 0.140. The highest BCUT2D eigenvalue weighted by Crippen LogP contribution is 2.57. The van der Waals surface area contributed by atoms with E-state index in [1.54, 1.807) is 0 Å². The fourth-order valence-corrected chi connectivity index (χ4v) is 10.1. The van der Waals surface area contributed by atoms with Gasteiger partial charge in [0.25, 0.3) is 0 Å². The number of para-hydroxylation sites is 1. The minimum Gasteiger partial charge on any atom is -0.314 e. The number of anilines is 2. The first-order valence-electron chi connectivity index (χ1n) is 21.1. The molecule has 7 aromatic rings. The molecule has 1 aliphatic heterocycles. The minimum absolute atomic E-state index is 0.143. The molecule has 0 spiro atoms. The summed E-state index contributed by atoms with van der Waals surface area (Å²) in [7, 11) is 0. The number of rotatable bonds is 8. The molecule has 3 unspecified atom stereocenters. The van der Waals surface area contributed by atoms with Gasteiger partial charge < -0.3 is 9.47 Å². The van der Waals surface area contributed by atoms with E-state index in [-0.39, 0.29) is 5.92 Å². The molecule has 1 aliphatic carbocycles. The van der Waals surface area contributed by atoms with Crippen LogP contribution in [-0.2, 0) is 0 Å². The summed E-state index contributed by atoms with van der Waals surface area (Å²) in [5, 5.41) is 2.65. The molecule has 6 aromatic carbocycles. The summed E-state index contributed by atoms with van der Waals surface area (Å²) < 4.78 is 2.46. The van der Waals surface area contributed by atoms with Gasteiger partial charge in [-0.15, -0.1) is 0 Å². The number of benzene rings is 6. The van der Waals surface area contributed by atoms with Crippen LogP contribution in [0.15, 0.2) is 169 Å². The minimum atomic E-state index is 0.143. The van der Waals surface area contributed by atoms with Gasteiger partial charge in [0.15, 0.2) is 0 Å². The van der Waals surface area contributed by atoms with Crippen molar-refractivity contribution in [3.63, 3.8) is 0 Å². The first-order valence-corrected chi connectivity index (χ1v) is 21.1. The maximum absolute atomic E-state index is 4.94. The van der Waals surface area contributed by atoms with Crippen molar-refractivity contribution in [1.82, 2.24) is 4.57 Å². The van der Waals surface area contributed by atoms with Crippen LogP contribution in [0.3, 0.4) is 0 Å². The summed E-state index contributed by atoms with van der Waals surface area (Å²) in [6, 6.07) is 44.7. The third-order valence-corrected chi connectivity index (χ3v) is 13.6. The Labute approximate surface area is 345 Å². The molecule has 2 aliphatic rings. The van der Waals surface area contributed by atoms with Crippen LogP contribution in [-0.4, -0.2) is 4.57 Å². The fourth-order valence-electron chi connectivity index (χ4n) is 10.1. The molecule has 2 heteroatoms.